The van der Waals surface area contributed by atoms with Gasteiger partial charge < -0.3 is 4.74 Å². The second-order valence-corrected chi connectivity index (χ2v) is 4.07. The van der Waals surface area contributed by atoms with Gasteiger partial charge in [-0.25, -0.2) is 4.98 Å². The fourth-order valence-corrected chi connectivity index (χ4v) is 1.64. The van der Waals surface area contributed by atoms with Crippen molar-refractivity contribution in [1.29, 1.82) is 0 Å². The summed E-state index contributed by atoms with van der Waals surface area (Å²) in [4.78, 5) is 19.4. The van der Waals surface area contributed by atoms with Crippen LogP contribution in [0.15, 0.2) is 24.4 Å². The minimum absolute atomic E-state index is 0.0765. The third-order valence-electron chi connectivity index (χ3n) is 2.28. The van der Waals surface area contributed by atoms with Crippen molar-refractivity contribution in [2.45, 2.75) is 13.3 Å². The molecule has 0 fully saturated rings. The van der Waals surface area contributed by atoms with Crippen LogP contribution in [-0.4, -0.2) is 22.5 Å². The number of benzene rings is 1. The highest BCUT2D eigenvalue weighted by atomic mass is 35.5. The van der Waals surface area contributed by atoms with Gasteiger partial charge in [0.15, 0.2) is 0 Å². The molecule has 0 saturated heterocycles. The highest BCUT2D eigenvalue weighted by Gasteiger charge is 1.99. The molecule has 0 unspecified atom stereocenters. The number of carbonyl (C=O) groups is 1. The Morgan fingerprint density at radius 2 is 2.26 bits per heavy atom. The van der Waals surface area contributed by atoms with Crippen LogP contribution >= 0.6 is 11.6 Å². The lowest BCUT2D eigenvalue weighted by Crippen LogP contribution is -2.01. The molecule has 1 aromatic heterocycles. The predicted molar refractivity (Wildman–Crippen MR) is 72.7 cm³/mol. The van der Waals surface area contributed by atoms with Crippen molar-refractivity contribution in [3.63, 3.8) is 0 Å². The van der Waals surface area contributed by atoms with E-state index in [1.54, 1.807) is 13.0 Å². The molecular formula is C14H11ClN2O2. The summed E-state index contributed by atoms with van der Waals surface area (Å²) in [6.07, 6.45) is 1.57. The second kappa shape index (κ2) is 6.17. The van der Waals surface area contributed by atoms with Crippen LogP contribution in [0.25, 0.3) is 11.0 Å². The monoisotopic (exact) mass is 274 g/mol. The Balaban J connectivity index is 2.17. The summed E-state index contributed by atoms with van der Waals surface area (Å²) in [5, 5.41) is 0.337. The molecule has 5 heteroatoms. The minimum Gasteiger partial charge on any atom is -0.465 e. The molecule has 0 amide bonds. The quantitative estimate of drug-likeness (QED) is 0.624. The summed E-state index contributed by atoms with van der Waals surface area (Å²) in [5.41, 5.74) is 2.18. The molecular weight excluding hydrogens is 264 g/mol. The van der Waals surface area contributed by atoms with E-state index < -0.39 is 0 Å². The maximum atomic E-state index is 11.1. The Bertz CT molecular complexity index is 674. The summed E-state index contributed by atoms with van der Waals surface area (Å²) in [7, 11) is 0. The van der Waals surface area contributed by atoms with Crippen molar-refractivity contribution >= 4 is 28.6 Å². The Kier molecular flexibility index (Phi) is 4.32. The first kappa shape index (κ1) is 13.3. The van der Waals surface area contributed by atoms with Crippen LogP contribution in [0, 0.1) is 11.8 Å². The number of halogens is 1. The van der Waals surface area contributed by atoms with Gasteiger partial charge in [-0.15, -0.1) is 0 Å². The molecule has 19 heavy (non-hydrogen) atoms. The highest BCUT2D eigenvalue weighted by Crippen LogP contribution is 2.13. The van der Waals surface area contributed by atoms with Crippen molar-refractivity contribution in [2.24, 2.45) is 0 Å². The number of hydrogen-bond donors (Lipinski definition) is 0. The van der Waals surface area contributed by atoms with Crippen molar-refractivity contribution < 1.29 is 9.53 Å². The van der Waals surface area contributed by atoms with Crippen molar-refractivity contribution in [3.05, 3.63) is 35.1 Å². The Labute approximate surface area is 115 Å². The number of fused-ring (bicyclic) bond motifs is 1. The molecule has 0 bridgehead atoms. The molecule has 0 saturated carbocycles. The molecule has 1 aromatic carbocycles. The van der Waals surface area contributed by atoms with Crippen molar-refractivity contribution in [1.82, 2.24) is 9.97 Å². The summed E-state index contributed by atoms with van der Waals surface area (Å²) < 4.78 is 4.78. The molecule has 0 aliphatic heterocycles. The first-order chi connectivity index (χ1) is 9.19. The zero-order chi connectivity index (χ0) is 13.7. The van der Waals surface area contributed by atoms with Gasteiger partial charge in [0.05, 0.1) is 23.8 Å². The second-order valence-electron chi connectivity index (χ2n) is 3.68. The molecule has 2 aromatic rings. The predicted octanol–water partition coefficient (Wildman–Crippen LogP) is 2.59. The first-order valence-electron chi connectivity index (χ1n) is 5.76. The van der Waals surface area contributed by atoms with Crippen LogP contribution in [0.4, 0.5) is 0 Å². The number of rotatable bonds is 2. The molecule has 0 spiro atoms. The van der Waals surface area contributed by atoms with Gasteiger partial charge in [-0.2, -0.15) is 0 Å². The summed E-state index contributed by atoms with van der Waals surface area (Å²) in [5.74, 6) is 5.32. The molecule has 1 heterocycles. The van der Waals surface area contributed by atoms with Crippen LogP contribution in [0.5, 0.6) is 0 Å². The fraction of sp³-hybridized carbons (Fsp3) is 0.214. The maximum Gasteiger partial charge on any atom is 0.317 e. The molecule has 4 nitrogen and oxygen atoms in total. The SMILES string of the molecule is CCOC(=O)CC#Cc1ccc2ncc(Cl)nc2c1. The molecule has 2 rings (SSSR count). The smallest absolute Gasteiger partial charge is 0.317 e. The molecule has 96 valence electrons. The van der Waals surface area contributed by atoms with Gasteiger partial charge in [-0.05, 0) is 25.1 Å². The van der Waals surface area contributed by atoms with E-state index in [2.05, 4.69) is 21.8 Å². The summed E-state index contributed by atoms with van der Waals surface area (Å²) in [6.45, 7) is 2.13. The number of carbonyl (C=O) groups excluding carboxylic acids is 1. The lowest BCUT2D eigenvalue weighted by atomic mass is 10.2. The van der Waals surface area contributed by atoms with Gasteiger partial charge in [0.25, 0.3) is 0 Å². The largest absolute Gasteiger partial charge is 0.465 e. The van der Waals surface area contributed by atoms with Crippen LogP contribution in [0.2, 0.25) is 5.15 Å². The van der Waals surface area contributed by atoms with E-state index in [1.807, 2.05) is 12.1 Å². The van der Waals surface area contributed by atoms with Gasteiger partial charge in [-0.3, -0.25) is 9.78 Å². The van der Waals surface area contributed by atoms with E-state index in [4.69, 9.17) is 16.3 Å². The van der Waals surface area contributed by atoms with Crippen LogP contribution < -0.4 is 0 Å². The van der Waals surface area contributed by atoms with Gasteiger partial charge in [0.1, 0.15) is 11.6 Å². The third kappa shape index (κ3) is 3.67. The number of esters is 1. The van der Waals surface area contributed by atoms with Gasteiger partial charge in [-0.1, -0.05) is 23.4 Å². The Morgan fingerprint density at radius 1 is 1.42 bits per heavy atom. The zero-order valence-corrected chi connectivity index (χ0v) is 11.1. The standard InChI is InChI=1S/C14H11ClN2O2/c1-2-19-14(18)5-3-4-10-6-7-11-12(8-10)17-13(15)9-16-11/h6-9H,2,5H2,1H3. The van der Waals surface area contributed by atoms with Crippen LogP contribution in [0.1, 0.15) is 18.9 Å². The average Bonchev–Trinajstić information content (AvgIpc) is 2.38. The minimum atomic E-state index is -0.321. The number of nitrogens with zero attached hydrogens (tertiary/aromatic N) is 2. The van der Waals surface area contributed by atoms with Gasteiger partial charge in [0, 0.05) is 5.56 Å². The summed E-state index contributed by atoms with van der Waals surface area (Å²) >= 11 is 5.78. The molecule has 0 aliphatic rings. The lowest BCUT2D eigenvalue weighted by molar-refractivity contribution is -0.141. The van der Waals surface area contributed by atoms with E-state index in [0.29, 0.717) is 17.3 Å². The van der Waals surface area contributed by atoms with E-state index >= 15 is 0 Å². The lowest BCUT2D eigenvalue weighted by Gasteiger charge is -1.97. The normalized spacial score (nSPS) is 9.79. The highest BCUT2D eigenvalue weighted by molar-refractivity contribution is 6.29. The molecule has 0 N–H and O–H groups in total. The summed E-state index contributed by atoms with van der Waals surface area (Å²) in [6, 6.07) is 5.42. The Morgan fingerprint density at radius 3 is 3.05 bits per heavy atom. The van der Waals surface area contributed by atoms with Gasteiger partial charge in [0.2, 0.25) is 0 Å². The molecule has 0 aliphatic carbocycles. The van der Waals surface area contributed by atoms with E-state index in [9.17, 15) is 4.79 Å². The van der Waals surface area contributed by atoms with E-state index in [0.717, 1.165) is 11.1 Å². The average molecular weight is 275 g/mol. The van der Waals surface area contributed by atoms with Crippen LogP contribution in [0.3, 0.4) is 0 Å². The maximum absolute atomic E-state index is 11.1. The van der Waals surface area contributed by atoms with Crippen molar-refractivity contribution in [3.8, 4) is 11.8 Å². The third-order valence-corrected chi connectivity index (χ3v) is 2.47. The fourth-order valence-electron chi connectivity index (χ4n) is 1.50. The van der Waals surface area contributed by atoms with Crippen LogP contribution in [-0.2, 0) is 9.53 Å². The van der Waals surface area contributed by atoms with E-state index in [-0.39, 0.29) is 12.4 Å². The molecule has 0 atom stereocenters. The number of ether oxygens (including phenoxy) is 1. The molecule has 0 radical (unpaired) electrons. The Hall–Kier alpha value is -2.12. The van der Waals surface area contributed by atoms with E-state index in [1.165, 1.54) is 6.20 Å². The number of hydrogen-bond acceptors (Lipinski definition) is 4. The topological polar surface area (TPSA) is 52.1 Å². The zero-order valence-electron chi connectivity index (χ0n) is 10.3. The first-order valence-corrected chi connectivity index (χ1v) is 6.13. The van der Waals surface area contributed by atoms with Crippen molar-refractivity contribution in [2.75, 3.05) is 6.61 Å². The number of aromatic nitrogens is 2. The van der Waals surface area contributed by atoms with Gasteiger partial charge >= 0.3 is 5.97 Å².